The van der Waals surface area contributed by atoms with E-state index in [-0.39, 0.29) is 0 Å². The number of nitrogens with one attached hydrogen (secondary N) is 1. The number of thiazole rings is 1. The van der Waals surface area contributed by atoms with Crippen LogP contribution in [0.4, 0.5) is 0 Å². The minimum absolute atomic E-state index is 0.716. The number of hydrogen-bond acceptors (Lipinski definition) is 4. The monoisotopic (exact) mass is 270 g/mol. The van der Waals surface area contributed by atoms with E-state index in [0.717, 1.165) is 32.0 Å². The molecule has 1 N–H and O–H groups in total. The molecular formula is C14H26N2OS. The molecule has 1 unspecified atom stereocenters. The first kappa shape index (κ1) is 15.6. The Kier molecular flexibility index (Phi) is 7.47. The molecule has 0 aliphatic heterocycles. The Morgan fingerprint density at radius 2 is 2.22 bits per heavy atom. The van der Waals surface area contributed by atoms with Crippen molar-refractivity contribution in [2.24, 2.45) is 11.8 Å². The molecule has 0 spiro atoms. The van der Waals surface area contributed by atoms with Gasteiger partial charge in [-0.25, -0.2) is 4.98 Å². The van der Waals surface area contributed by atoms with Crippen LogP contribution in [0, 0.1) is 18.8 Å². The molecule has 104 valence electrons. The summed E-state index contributed by atoms with van der Waals surface area (Å²) in [7, 11) is 1.74. The lowest BCUT2D eigenvalue weighted by molar-refractivity contribution is 0.195. The van der Waals surface area contributed by atoms with Gasteiger partial charge in [-0.05, 0) is 38.1 Å². The normalized spacial score (nSPS) is 13.2. The first-order valence-corrected chi connectivity index (χ1v) is 7.61. The fourth-order valence-corrected chi connectivity index (χ4v) is 2.81. The Labute approximate surface area is 115 Å². The summed E-state index contributed by atoms with van der Waals surface area (Å²) in [6, 6.07) is 0. The molecule has 0 saturated heterocycles. The van der Waals surface area contributed by atoms with Crippen LogP contribution >= 0.6 is 11.3 Å². The highest BCUT2D eigenvalue weighted by Crippen LogP contribution is 2.21. The maximum absolute atomic E-state index is 5.05. The highest BCUT2D eigenvalue weighted by molar-refractivity contribution is 7.09. The van der Waals surface area contributed by atoms with Crippen LogP contribution in [0.25, 0.3) is 0 Å². The second kappa shape index (κ2) is 8.62. The number of rotatable bonds is 9. The van der Waals surface area contributed by atoms with E-state index in [1.54, 1.807) is 18.4 Å². The van der Waals surface area contributed by atoms with Crippen molar-refractivity contribution < 1.29 is 4.74 Å². The van der Waals surface area contributed by atoms with Gasteiger partial charge in [0.15, 0.2) is 0 Å². The molecule has 0 bridgehead atoms. The molecule has 1 rings (SSSR count). The average Bonchev–Trinajstić information content (AvgIpc) is 2.73. The average molecular weight is 270 g/mol. The minimum atomic E-state index is 0.716. The second-order valence-corrected chi connectivity index (χ2v) is 6.04. The van der Waals surface area contributed by atoms with E-state index in [0.29, 0.717) is 5.92 Å². The van der Waals surface area contributed by atoms with Gasteiger partial charge in [0.25, 0.3) is 0 Å². The minimum Gasteiger partial charge on any atom is -0.383 e. The summed E-state index contributed by atoms with van der Waals surface area (Å²) in [5.41, 5.74) is 3.15. The first-order chi connectivity index (χ1) is 8.65. The van der Waals surface area contributed by atoms with Crippen molar-refractivity contribution >= 4 is 11.3 Å². The lowest BCUT2D eigenvalue weighted by Gasteiger charge is -2.21. The molecule has 1 aromatic rings. The van der Waals surface area contributed by atoms with Gasteiger partial charge in [-0.1, -0.05) is 13.8 Å². The third kappa shape index (κ3) is 5.46. The molecule has 1 atom stereocenters. The molecule has 0 fully saturated rings. The van der Waals surface area contributed by atoms with E-state index >= 15 is 0 Å². The number of aromatic nitrogens is 1. The first-order valence-electron chi connectivity index (χ1n) is 6.73. The lowest BCUT2D eigenvalue weighted by atomic mass is 9.90. The van der Waals surface area contributed by atoms with Crippen molar-refractivity contribution in [3.05, 3.63) is 16.1 Å². The van der Waals surface area contributed by atoms with Gasteiger partial charge in [-0.15, -0.1) is 11.3 Å². The van der Waals surface area contributed by atoms with Crippen molar-refractivity contribution in [2.45, 2.75) is 33.6 Å². The predicted octanol–water partition coefficient (Wildman–Crippen LogP) is 2.89. The Morgan fingerprint density at radius 1 is 1.44 bits per heavy atom. The van der Waals surface area contributed by atoms with E-state index in [1.807, 2.05) is 5.51 Å². The molecule has 3 nitrogen and oxygen atoms in total. The quantitative estimate of drug-likeness (QED) is 0.701. The standard InChI is InChI=1S/C14H26N2OS/c1-11(2)13(9-15-7-8-17-4)5-6-14-12(3)16-10-18-14/h10-11,13,15H,5-9H2,1-4H3. The zero-order valence-electron chi connectivity index (χ0n) is 12.0. The van der Waals surface area contributed by atoms with Crippen molar-refractivity contribution in [3.8, 4) is 0 Å². The third-order valence-corrected chi connectivity index (χ3v) is 4.41. The molecule has 0 saturated carbocycles. The van der Waals surface area contributed by atoms with Crippen molar-refractivity contribution in [3.63, 3.8) is 0 Å². The topological polar surface area (TPSA) is 34.1 Å². The molecule has 18 heavy (non-hydrogen) atoms. The smallest absolute Gasteiger partial charge is 0.0797 e. The van der Waals surface area contributed by atoms with E-state index in [1.165, 1.54) is 17.0 Å². The largest absolute Gasteiger partial charge is 0.383 e. The summed E-state index contributed by atoms with van der Waals surface area (Å²) >= 11 is 1.78. The van der Waals surface area contributed by atoms with Crippen LogP contribution < -0.4 is 5.32 Å². The summed E-state index contributed by atoms with van der Waals surface area (Å²) in [5.74, 6) is 1.44. The Hall–Kier alpha value is -0.450. The van der Waals surface area contributed by atoms with Gasteiger partial charge in [0.2, 0.25) is 0 Å². The predicted molar refractivity (Wildman–Crippen MR) is 78.2 cm³/mol. The van der Waals surface area contributed by atoms with Gasteiger partial charge < -0.3 is 10.1 Å². The fraction of sp³-hybridized carbons (Fsp3) is 0.786. The molecule has 0 aromatic carbocycles. The summed E-state index contributed by atoms with van der Waals surface area (Å²) in [5, 5.41) is 3.48. The number of hydrogen-bond donors (Lipinski definition) is 1. The second-order valence-electron chi connectivity index (χ2n) is 5.10. The fourth-order valence-electron chi connectivity index (χ4n) is 2.02. The summed E-state index contributed by atoms with van der Waals surface area (Å²) in [4.78, 5) is 5.75. The summed E-state index contributed by atoms with van der Waals surface area (Å²) in [6.45, 7) is 9.54. The molecule has 4 heteroatoms. The van der Waals surface area contributed by atoms with Crippen LogP contribution in [-0.4, -0.2) is 31.8 Å². The lowest BCUT2D eigenvalue weighted by Crippen LogP contribution is -2.29. The molecule has 0 radical (unpaired) electrons. The highest BCUT2D eigenvalue weighted by Gasteiger charge is 2.14. The molecule has 1 heterocycles. The number of methoxy groups -OCH3 is 1. The number of ether oxygens (including phenoxy) is 1. The van der Waals surface area contributed by atoms with Gasteiger partial charge >= 0.3 is 0 Å². The van der Waals surface area contributed by atoms with Gasteiger partial charge in [0.1, 0.15) is 0 Å². The van der Waals surface area contributed by atoms with Crippen molar-refractivity contribution in [1.29, 1.82) is 0 Å². The van der Waals surface area contributed by atoms with E-state index < -0.39 is 0 Å². The SMILES string of the molecule is COCCNCC(CCc1scnc1C)C(C)C. The van der Waals surface area contributed by atoms with Crippen LogP contribution in [0.15, 0.2) is 5.51 Å². The van der Waals surface area contributed by atoms with E-state index in [4.69, 9.17) is 4.74 Å². The molecule has 0 amide bonds. The Bertz CT molecular complexity index is 325. The number of aryl methyl sites for hydroxylation is 2. The summed E-state index contributed by atoms with van der Waals surface area (Å²) < 4.78 is 5.05. The number of nitrogens with zero attached hydrogens (tertiary/aromatic N) is 1. The maximum atomic E-state index is 5.05. The Morgan fingerprint density at radius 3 is 2.78 bits per heavy atom. The van der Waals surface area contributed by atoms with Crippen LogP contribution in [0.2, 0.25) is 0 Å². The van der Waals surface area contributed by atoms with Gasteiger partial charge in [-0.3, -0.25) is 0 Å². The van der Waals surface area contributed by atoms with E-state index in [9.17, 15) is 0 Å². The van der Waals surface area contributed by atoms with Gasteiger partial charge in [0, 0.05) is 18.5 Å². The van der Waals surface area contributed by atoms with Gasteiger partial charge in [-0.2, -0.15) is 0 Å². The zero-order chi connectivity index (χ0) is 13.4. The summed E-state index contributed by atoms with van der Waals surface area (Å²) in [6.07, 6.45) is 2.39. The molecular weight excluding hydrogens is 244 g/mol. The maximum Gasteiger partial charge on any atom is 0.0797 e. The Balaban J connectivity index is 2.31. The molecule has 1 aromatic heterocycles. The van der Waals surface area contributed by atoms with Crippen LogP contribution in [0.5, 0.6) is 0 Å². The zero-order valence-corrected chi connectivity index (χ0v) is 12.8. The molecule has 0 aliphatic carbocycles. The van der Waals surface area contributed by atoms with E-state index in [2.05, 4.69) is 31.1 Å². The molecule has 0 aliphatic rings. The third-order valence-electron chi connectivity index (χ3n) is 3.42. The van der Waals surface area contributed by atoms with Crippen molar-refractivity contribution in [1.82, 2.24) is 10.3 Å². The van der Waals surface area contributed by atoms with Crippen LogP contribution in [0.1, 0.15) is 30.8 Å². The van der Waals surface area contributed by atoms with Crippen LogP contribution in [0.3, 0.4) is 0 Å². The van der Waals surface area contributed by atoms with Gasteiger partial charge in [0.05, 0.1) is 17.8 Å². The van der Waals surface area contributed by atoms with Crippen molar-refractivity contribution in [2.75, 3.05) is 26.8 Å². The van der Waals surface area contributed by atoms with Crippen LogP contribution in [-0.2, 0) is 11.2 Å². The highest BCUT2D eigenvalue weighted by atomic mass is 32.1.